The lowest BCUT2D eigenvalue weighted by atomic mass is 9.59. The van der Waals surface area contributed by atoms with Gasteiger partial charge in [0.2, 0.25) is 0 Å². The smallest absolute Gasteiger partial charge is 0.0329 e. The molecule has 16 heavy (non-hydrogen) atoms. The maximum Gasteiger partial charge on any atom is -0.0329 e. The Morgan fingerprint density at radius 2 is 1.88 bits per heavy atom. The normalized spacial score (nSPS) is 32.2. The highest BCUT2D eigenvalue weighted by Gasteiger charge is 2.39. The van der Waals surface area contributed by atoms with Crippen LogP contribution in [-0.4, -0.2) is 0 Å². The zero-order valence-corrected chi connectivity index (χ0v) is 12.3. The first kappa shape index (κ1) is 14.1. The fourth-order valence-corrected chi connectivity index (χ4v) is 3.61. The van der Waals surface area contributed by atoms with Crippen LogP contribution in [0.15, 0.2) is 0 Å². The van der Waals surface area contributed by atoms with E-state index in [-0.39, 0.29) is 0 Å². The van der Waals surface area contributed by atoms with Crippen molar-refractivity contribution in [1.82, 2.24) is 0 Å². The fourth-order valence-electron chi connectivity index (χ4n) is 3.61. The summed E-state index contributed by atoms with van der Waals surface area (Å²) in [6, 6.07) is 0. The first-order chi connectivity index (χ1) is 7.42. The Bertz CT molecular complexity index is 204. The second-order valence-corrected chi connectivity index (χ2v) is 6.92. The molecule has 4 atom stereocenters. The molecule has 1 saturated carbocycles. The van der Waals surface area contributed by atoms with Crippen molar-refractivity contribution < 1.29 is 0 Å². The maximum atomic E-state index is 2.48. The summed E-state index contributed by atoms with van der Waals surface area (Å²) in [5, 5.41) is 0. The molecule has 1 rings (SSSR count). The zero-order chi connectivity index (χ0) is 12.3. The molecule has 0 heteroatoms. The average molecular weight is 224 g/mol. The van der Waals surface area contributed by atoms with Gasteiger partial charge >= 0.3 is 0 Å². The van der Waals surface area contributed by atoms with Crippen LogP contribution in [0.2, 0.25) is 0 Å². The van der Waals surface area contributed by atoms with Gasteiger partial charge in [-0.3, -0.25) is 0 Å². The number of hydrogen-bond donors (Lipinski definition) is 0. The number of hydrogen-bond acceptors (Lipinski definition) is 0. The van der Waals surface area contributed by atoms with Gasteiger partial charge in [-0.25, -0.2) is 0 Å². The Hall–Kier alpha value is 0. The average Bonchev–Trinajstić information content (AvgIpc) is 2.21. The van der Waals surface area contributed by atoms with Crippen molar-refractivity contribution in [3.05, 3.63) is 0 Å². The molecule has 0 nitrogen and oxygen atoms in total. The Kier molecular flexibility index (Phi) is 4.88. The summed E-state index contributed by atoms with van der Waals surface area (Å²) in [6.07, 6.45) is 7.06. The van der Waals surface area contributed by atoms with Gasteiger partial charge in [0, 0.05) is 0 Å². The van der Waals surface area contributed by atoms with Crippen molar-refractivity contribution in [3.63, 3.8) is 0 Å². The van der Waals surface area contributed by atoms with Crippen LogP contribution in [0.5, 0.6) is 0 Å². The molecule has 0 aromatic heterocycles. The Morgan fingerprint density at radius 1 is 1.25 bits per heavy atom. The standard InChI is InChI=1S/C16H32/c1-7-9-16(5,6)13(4)11-15-12(3)10-14(15)8-2/h12-15H,7-11H2,1-6H3. The van der Waals surface area contributed by atoms with Gasteiger partial charge < -0.3 is 0 Å². The second kappa shape index (κ2) is 5.56. The van der Waals surface area contributed by atoms with Gasteiger partial charge in [0.1, 0.15) is 0 Å². The second-order valence-electron chi connectivity index (χ2n) is 6.92. The summed E-state index contributed by atoms with van der Waals surface area (Å²) < 4.78 is 0. The van der Waals surface area contributed by atoms with Gasteiger partial charge in [0.15, 0.2) is 0 Å². The van der Waals surface area contributed by atoms with Crippen molar-refractivity contribution in [2.45, 2.75) is 73.6 Å². The first-order valence-electron chi connectivity index (χ1n) is 7.42. The summed E-state index contributed by atoms with van der Waals surface area (Å²) in [7, 11) is 0. The van der Waals surface area contributed by atoms with E-state index in [0.29, 0.717) is 5.41 Å². The summed E-state index contributed by atoms with van der Waals surface area (Å²) >= 11 is 0. The van der Waals surface area contributed by atoms with Gasteiger partial charge in [-0.15, -0.1) is 0 Å². The van der Waals surface area contributed by atoms with Crippen LogP contribution in [0.1, 0.15) is 73.6 Å². The highest BCUT2D eigenvalue weighted by molar-refractivity contribution is 4.89. The lowest BCUT2D eigenvalue weighted by Gasteiger charge is -2.46. The van der Waals surface area contributed by atoms with E-state index in [2.05, 4.69) is 41.5 Å². The summed E-state index contributed by atoms with van der Waals surface area (Å²) in [6.45, 7) is 14.5. The zero-order valence-electron chi connectivity index (χ0n) is 12.3. The summed E-state index contributed by atoms with van der Waals surface area (Å²) in [4.78, 5) is 0. The third kappa shape index (κ3) is 3.02. The molecule has 0 N–H and O–H groups in total. The molecule has 0 aliphatic heterocycles. The van der Waals surface area contributed by atoms with Crippen molar-refractivity contribution >= 4 is 0 Å². The van der Waals surface area contributed by atoms with Crippen LogP contribution >= 0.6 is 0 Å². The maximum absolute atomic E-state index is 2.48. The van der Waals surface area contributed by atoms with Crippen LogP contribution in [0.4, 0.5) is 0 Å². The monoisotopic (exact) mass is 224 g/mol. The van der Waals surface area contributed by atoms with Crippen molar-refractivity contribution in [2.75, 3.05) is 0 Å². The third-order valence-corrected chi connectivity index (χ3v) is 5.39. The van der Waals surface area contributed by atoms with Gasteiger partial charge in [-0.1, -0.05) is 54.4 Å². The van der Waals surface area contributed by atoms with E-state index >= 15 is 0 Å². The molecule has 0 heterocycles. The topological polar surface area (TPSA) is 0 Å². The highest BCUT2D eigenvalue weighted by atomic mass is 14.4. The van der Waals surface area contributed by atoms with E-state index in [4.69, 9.17) is 0 Å². The molecule has 0 aromatic rings. The molecule has 96 valence electrons. The molecule has 4 unspecified atom stereocenters. The fraction of sp³-hybridized carbons (Fsp3) is 1.00. The van der Waals surface area contributed by atoms with Crippen molar-refractivity contribution in [3.8, 4) is 0 Å². The van der Waals surface area contributed by atoms with Gasteiger partial charge in [-0.2, -0.15) is 0 Å². The minimum absolute atomic E-state index is 0.544. The van der Waals surface area contributed by atoms with E-state index in [1.807, 2.05) is 0 Å². The van der Waals surface area contributed by atoms with Crippen LogP contribution in [-0.2, 0) is 0 Å². The van der Waals surface area contributed by atoms with E-state index < -0.39 is 0 Å². The minimum atomic E-state index is 0.544. The van der Waals surface area contributed by atoms with Gasteiger partial charge in [0.05, 0.1) is 0 Å². The molecule has 1 fully saturated rings. The summed E-state index contributed by atoms with van der Waals surface area (Å²) in [5.74, 6) is 3.94. The molecular formula is C16H32. The Morgan fingerprint density at radius 3 is 2.31 bits per heavy atom. The molecule has 0 aromatic carbocycles. The number of rotatable bonds is 6. The van der Waals surface area contributed by atoms with Crippen molar-refractivity contribution in [2.24, 2.45) is 29.1 Å². The minimum Gasteiger partial charge on any atom is -0.0654 e. The molecule has 1 aliphatic rings. The largest absolute Gasteiger partial charge is 0.0654 e. The van der Waals surface area contributed by atoms with Crippen LogP contribution < -0.4 is 0 Å². The van der Waals surface area contributed by atoms with Gasteiger partial charge in [0.25, 0.3) is 0 Å². The molecule has 0 saturated heterocycles. The van der Waals surface area contributed by atoms with Gasteiger partial charge in [-0.05, 0) is 48.3 Å². The van der Waals surface area contributed by atoms with E-state index in [0.717, 1.165) is 23.7 Å². The lowest BCUT2D eigenvalue weighted by Crippen LogP contribution is -2.37. The third-order valence-electron chi connectivity index (χ3n) is 5.39. The molecule has 0 bridgehead atoms. The molecule has 0 radical (unpaired) electrons. The van der Waals surface area contributed by atoms with Crippen molar-refractivity contribution in [1.29, 1.82) is 0 Å². The quantitative estimate of drug-likeness (QED) is 0.557. The first-order valence-corrected chi connectivity index (χ1v) is 7.42. The molecule has 0 spiro atoms. The molecule has 1 aliphatic carbocycles. The predicted molar refractivity (Wildman–Crippen MR) is 73.5 cm³/mol. The van der Waals surface area contributed by atoms with E-state index in [1.165, 1.54) is 32.1 Å². The van der Waals surface area contributed by atoms with E-state index in [9.17, 15) is 0 Å². The van der Waals surface area contributed by atoms with E-state index in [1.54, 1.807) is 0 Å². The SMILES string of the molecule is CCCC(C)(C)C(C)CC1C(C)CC1CC. The van der Waals surface area contributed by atoms with Crippen LogP contribution in [0.25, 0.3) is 0 Å². The predicted octanol–water partition coefficient (Wildman–Crippen LogP) is 5.52. The summed E-state index contributed by atoms with van der Waals surface area (Å²) in [5.41, 5.74) is 0.544. The Labute approximate surface area is 103 Å². The molecule has 0 amide bonds. The van der Waals surface area contributed by atoms with Crippen LogP contribution in [0.3, 0.4) is 0 Å². The molecular weight excluding hydrogens is 192 g/mol. The Balaban J connectivity index is 2.46. The highest BCUT2D eigenvalue weighted by Crippen LogP contribution is 2.48. The van der Waals surface area contributed by atoms with Crippen LogP contribution in [0, 0.1) is 29.1 Å². The lowest BCUT2D eigenvalue weighted by molar-refractivity contribution is 0.0352.